The van der Waals surface area contributed by atoms with Crippen LogP contribution in [0.1, 0.15) is 0 Å². The first-order chi connectivity index (χ1) is 4.34. The number of aromatic nitrogens is 3. The second kappa shape index (κ2) is 2.59. The second-order valence-corrected chi connectivity index (χ2v) is 1.93. The summed E-state index contributed by atoms with van der Waals surface area (Å²) in [5.74, 6) is 0. The maximum absolute atomic E-state index is 4.82. The zero-order valence-corrected chi connectivity index (χ0v) is 5.69. The van der Waals surface area contributed by atoms with E-state index in [0.29, 0.717) is 11.3 Å². The fourth-order valence-corrected chi connectivity index (χ4v) is 0.719. The molecule has 0 spiro atoms. The van der Waals surface area contributed by atoms with Crippen molar-refractivity contribution in [2.45, 2.75) is 6.54 Å². The van der Waals surface area contributed by atoms with Gasteiger partial charge in [-0.15, -0.1) is 6.58 Å². The highest BCUT2D eigenvalue weighted by Gasteiger charge is 1.86. The third-order valence-corrected chi connectivity index (χ3v) is 1.26. The summed E-state index contributed by atoms with van der Waals surface area (Å²) >= 11 is 4.82. The zero-order valence-electron chi connectivity index (χ0n) is 4.87. The Labute approximate surface area is 58.0 Å². The van der Waals surface area contributed by atoms with Crippen molar-refractivity contribution in [2.24, 2.45) is 0 Å². The van der Waals surface area contributed by atoms with Crippen LogP contribution in [0.5, 0.6) is 0 Å². The minimum atomic E-state index is 0.565. The molecule has 0 amide bonds. The molecular weight excluding hydrogens is 134 g/mol. The van der Waals surface area contributed by atoms with Gasteiger partial charge in [0.05, 0.1) is 6.54 Å². The summed E-state index contributed by atoms with van der Waals surface area (Å²) in [6.45, 7) is 4.26. The molecule has 0 unspecified atom stereocenters. The Bertz CT molecular complexity index is 247. The molecular formula is C5H7N3S. The lowest BCUT2D eigenvalue weighted by molar-refractivity contribution is 0.690. The summed E-state index contributed by atoms with van der Waals surface area (Å²) in [7, 11) is 0. The van der Waals surface area contributed by atoms with Crippen LogP contribution in [0.2, 0.25) is 0 Å². The third kappa shape index (κ3) is 1.26. The smallest absolute Gasteiger partial charge is 0.216 e. The molecule has 0 atom stereocenters. The topological polar surface area (TPSA) is 33.6 Å². The molecule has 1 rings (SSSR count). The van der Waals surface area contributed by atoms with E-state index in [9.17, 15) is 0 Å². The van der Waals surface area contributed by atoms with Crippen molar-refractivity contribution in [3.05, 3.63) is 23.8 Å². The normalized spacial score (nSPS) is 9.33. The molecule has 1 N–H and O–H groups in total. The minimum absolute atomic E-state index is 0.565. The number of H-pyrrole nitrogens is 1. The van der Waals surface area contributed by atoms with E-state index < -0.39 is 0 Å². The highest BCUT2D eigenvalue weighted by molar-refractivity contribution is 7.71. The van der Waals surface area contributed by atoms with Gasteiger partial charge in [0.15, 0.2) is 0 Å². The number of allylic oxidation sites excluding steroid dienone is 1. The Morgan fingerprint density at radius 2 is 2.78 bits per heavy atom. The van der Waals surface area contributed by atoms with Crippen LogP contribution in [0.3, 0.4) is 0 Å². The molecule has 0 aliphatic rings. The summed E-state index contributed by atoms with van der Waals surface area (Å²) in [6.07, 6.45) is 3.32. The molecule has 0 aliphatic heterocycles. The van der Waals surface area contributed by atoms with E-state index >= 15 is 0 Å². The molecule has 0 aliphatic carbocycles. The molecule has 0 radical (unpaired) electrons. The van der Waals surface area contributed by atoms with Gasteiger partial charge in [-0.2, -0.15) is 0 Å². The van der Waals surface area contributed by atoms with E-state index in [2.05, 4.69) is 16.7 Å². The van der Waals surface area contributed by atoms with Gasteiger partial charge in [-0.05, 0) is 12.2 Å². The quantitative estimate of drug-likeness (QED) is 0.494. The van der Waals surface area contributed by atoms with Crippen LogP contribution in [-0.4, -0.2) is 14.8 Å². The maximum atomic E-state index is 4.82. The predicted octanol–water partition coefficient (Wildman–Crippen LogP) is 1.13. The van der Waals surface area contributed by atoms with Crippen molar-refractivity contribution in [3.8, 4) is 0 Å². The molecule has 9 heavy (non-hydrogen) atoms. The van der Waals surface area contributed by atoms with Gasteiger partial charge in [-0.1, -0.05) is 6.08 Å². The second-order valence-electron chi connectivity index (χ2n) is 1.57. The molecule has 1 aromatic heterocycles. The molecule has 0 fully saturated rings. The molecule has 1 aromatic rings. The van der Waals surface area contributed by atoms with Crippen molar-refractivity contribution >= 4 is 12.2 Å². The zero-order chi connectivity index (χ0) is 6.69. The number of aromatic amines is 1. The van der Waals surface area contributed by atoms with Gasteiger partial charge in [0.2, 0.25) is 4.77 Å². The van der Waals surface area contributed by atoms with Gasteiger partial charge in [0, 0.05) is 0 Å². The van der Waals surface area contributed by atoms with Crippen LogP contribution < -0.4 is 0 Å². The summed E-state index contributed by atoms with van der Waals surface area (Å²) < 4.78 is 2.29. The molecule has 0 saturated carbocycles. The van der Waals surface area contributed by atoms with Crippen molar-refractivity contribution in [1.82, 2.24) is 14.8 Å². The molecule has 1 heterocycles. The summed E-state index contributed by atoms with van der Waals surface area (Å²) in [5.41, 5.74) is 0. The Morgan fingerprint density at radius 1 is 2.00 bits per heavy atom. The van der Waals surface area contributed by atoms with Gasteiger partial charge in [0.25, 0.3) is 0 Å². The van der Waals surface area contributed by atoms with Gasteiger partial charge < -0.3 is 0 Å². The van der Waals surface area contributed by atoms with Crippen LogP contribution in [0, 0.1) is 4.77 Å². The molecule has 0 aromatic carbocycles. The van der Waals surface area contributed by atoms with E-state index in [4.69, 9.17) is 12.2 Å². The Morgan fingerprint density at radius 3 is 3.22 bits per heavy atom. The lowest BCUT2D eigenvalue weighted by Gasteiger charge is -1.91. The Balaban J connectivity index is 2.93. The SMILES string of the molecule is C=CCn1[nH]cnc1=S. The standard InChI is InChI=1S/C5H7N3S/c1-2-3-8-5(9)6-4-7-8/h2,4H,1,3H2,(H,6,7,9). The molecule has 48 valence electrons. The number of nitrogens with zero attached hydrogens (tertiary/aromatic N) is 2. The monoisotopic (exact) mass is 141 g/mol. The number of hydrogen-bond acceptors (Lipinski definition) is 2. The van der Waals surface area contributed by atoms with Crippen molar-refractivity contribution < 1.29 is 0 Å². The van der Waals surface area contributed by atoms with Crippen molar-refractivity contribution in [3.63, 3.8) is 0 Å². The molecule has 3 nitrogen and oxygen atoms in total. The largest absolute Gasteiger partial charge is 0.285 e. The van der Waals surface area contributed by atoms with Crippen LogP contribution in [0.15, 0.2) is 19.0 Å². The Hall–Kier alpha value is -0.900. The fraction of sp³-hybridized carbons (Fsp3) is 0.200. The van der Waals surface area contributed by atoms with Gasteiger partial charge in [-0.3, -0.25) is 9.78 Å². The third-order valence-electron chi connectivity index (χ3n) is 0.931. The first kappa shape index (κ1) is 6.22. The number of rotatable bonds is 2. The van der Waals surface area contributed by atoms with E-state index in [1.807, 2.05) is 0 Å². The predicted molar refractivity (Wildman–Crippen MR) is 37.6 cm³/mol. The first-order valence-electron chi connectivity index (χ1n) is 2.55. The summed E-state index contributed by atoms with van der Waals surface area (Å²) in [6, 6.07) is 0. The average Bonchev–Trinajstić information content (AvgIpc) is 2.18. The van der Waals surface area contributed by atoms with Crippen molar-refractivity contribution in [2.75, 3.05) is 0 Å². The van der Waals surface area contributed by atoms with E-state index in [1.165, 1.54) is 0 Å². The molecule has 0 saturated heterocycles. The summed E-state index contributed by atoms with van der Waals surface area (Å²) in [4.78, 5) is 3.81. The van der Waals surface area contributed by atoms with E-state index in [-0.39, 0.29) is 0 Å². The molecule has 0 bridgehead atoms. The molecule has 4 heteroatoms. The highest BCUT2D eigenvalue weighted by Crippen LogP contribution is 1.84. The average molecular weight is 141 g/mol. The number of nitrogens with one attached hydrogen (secondary N) is 1. The maximum Gasteiger partial charge on any atom is 0.216 e. The Kier molecular flexibility index (Phi) is 1.79. The van der Waals surface area contributed by atoms with E-state index in [1.54, 1.807) is 17.1 Å². The number of hydrogen-bond donors (Lipinski definition) is 1. The van der Waals surface area contributed by atoms with Gasteiger partial charge in [0.1, 0.15) is 6.33 Å². The van der Waals surface area contributed by atoms with Gasteiger partial charge in [-0.25, -0.2) is 4.98 Å². The summed E-state index contributed by atoms with van der Waals surface area (Å²) in [5, 5.41) is 2.84. The van der Waals surface area contributed by atoms with Crippen LogP contribution in [-0.2, 0) is 6.54 Å². The van der Waals surface area contributed by atoms with Crippen LogP contribution >= 0.6 is 12.2 Å². The first-order valence-corrected chi connectivity index (χ1v) is 2.96. The lowest BCUT2D eigenvalue weighted by atomic mass is 10.6. The van der Waals surface area contributed by atoms with Crippen molar-refractivity contribution in [1.29, 1.82) is 0 Å². The van der Waals surface area contributed by atoms with E-state index in [0.717, 1.165) is 0 Å². The van der Waals surface area contributed by atoms with Crippen LogP contribution in [0.25, 0.3) is 0 Å². The van der Waals surface area contributed by atoms with Gasteiger partial charge >= 0.3 is 0 Å². The fourth-order valence-electron chi connectivity index (χ4n) is 0.539. The minimum Gasteiger partial charge on any atom is -0.285 e. The lowest BCUT2D eigenvalue weighted by Crippen LogP contribution is -1.95. The van der Waals surface area contributed by atoms with Crippen LogP contribution in [0.4, 0.5) is 0 Å². The highest BCUT2D eigenvalue weighted by atomic mass is 32.1.